The predicted octanol–water partition coefficient (Wildman–Crippen LogP) is 1.73. The summed E-state index contributed by atoms with van der Waals surface area (Å²) in [4.78, 5) is 11.4. The van der Waals surface area contributed by atoms with Crippen LogP contribution in [0.5, 0.6) is 0 Å². The van der Waals surface area contributed by atoms with E-state index in [2.05, 4.69) is 4.74 Å². The van der Waals surface area contributed by atoms with Gasteiger partial charge in [0.25, 0.3) is 0 Å². The summed E-state index contributed by atoms with van der Waals surface area (Å²) < 4.78 is 22.5. The van der Waals surface area contributed by atoms with Gasteiger partial charge in [-0.25, -0.2) is 4.39 Å². The Labute approximate surface area is 87.8 Å². The first kappa shape index (κ1) is 11.7. The fourth-order valence-electron chi connectivity index (χ4n) is 1.33. The van der Waals surface area contributed by atoms with Crippen LogP contribution in [0.4, 0.5) is 4.39 Å². The van der Waals surface area contributed by atoms with Crippen LogP contribution in [0.3, 0.4) is 0 Å². The molecule has 0 aliphatic heterocycles. The van der Waals surface area contributed by atoms with Crippen molar-refractivity contribution < 1.29 is 18.7 Å². The molecule has 1 aromatic carbocycles. The maximum absolute atomic E-state index is 12.9. The van der Waals surface area contributed by atoms with Gasteiger partial charge >= 0.3 is 5.97 Å². The molecule has 0 saturated carbocycles. The number of hydrogen-bond acceptors (Lipinski definition) is 3. The van der Waals surface area contributed by atoms with Crippen molar-refractivity contribution >= 4 is 5.97 Å². The van der Waals surface area contributed by atoms with Crippen LogP contribution in [-0.4, -0.2) is 26.8 Å². The highest BCUT2D eigenvalue weighted by molar-refractivity contribution is 5.78. The summed E-state index contributed by atoms with van der Waals surface area (Å²) in [6, 6.07) is 5.85. The summed E-state index contributed by atoms with van der Waals surface area (Å²) in [5, 5.41) is 0. The number of ether oxygens (including phenoxy) is 2. The Morgan fingerprint density at radius 1 is 1.47 bits per heavy atom. The molecule has 0 fully saturated rings. The van der Waals surface area contributed by atoms with Gasteiger partial charge in [-0.15, -0.1) is 0 Å². The first-order chi connectivity index (χ1) is 7.19. The Balaban J connectivity index is 2.93. The Bertz CT molecular complexity index is 338. The topological polar surface area (TPSA) is 35.5 Å². The summed E-state index contributed by atoms with van der Waals surface area (Å²) in [7, 11) is 2.78. The van der Waals surface area contributed by atoms with Crippen molar-refractivity contribution in [1.29, 1.82) is 0 Å². The number of methoxy groups -OCH3 is 2. The van der Waals surface area contributed by atoms with Gasteiger partial charge in [-0.05, 0) is 17.7 Å². The molecule has 1 atom stereocenters. The van der Waals surface area contributed by atoms with E-state index in [1.165, 1.54) is 26.4 Å². The van der Waals surface area contributed by atoms with Crippen LogP contribution >= 0.6 is 0 Å². The Morgan fingerprint density at radius 2 is 2.20 bits per heavy atom. The highest BCUT2D eigenvalue weighted by atomic mass is 19.1. The Morgan fingerprint density at radius 3 is 2.73 bits per heavy atom. The minimum atomic E-state index is -0.573. The lowest BCUT2D eigenvalue weighted by Crippen LogP contribution is -2.19. The van der Waals surface area contributed by atoms with E-state index in [1.807, 2.05) is 0 Å². The number of esters is 1. The number of carbonyl (C=O) groups excluding carboxylic acids is 1. The molecule has 1 unspecified atom stereocenters. The van der Waals surface area contributed by atoms with Gasteiger partial charge in [0.05, 0.1) is 13.7 Å². The van der Waals surface area contributed by atoms with Crippen molar-refractivity contribution in [2.24, 2.45) is 0 Å². The van der Waals surface area contributed by atoms with Crippen LogP contribution in [0.25, 0.3) is 0 Å². The molecular formula is C11H13FO3. The molecule has 0 amide bonds. The Hall–Kier alpha value is -1.42. The van der Waals surface area contributed by atoms with Crippen LogP contribution in [0.15, 0.2) is 24.3 Å². The van der Waals surface area contributed by atoms with Gasteiger partial charge in [0.1, 0.15) is 11.7 Å². The standard InChI is InChI=1S/C11H13FO3/c1-14-7-10(11(13)15-2)8-4-3-5-9(12)6-8/h3-6,10H,7H2,1-2H3. The molecule has 4 heteroatoms. The second kappa shape index (κ2) is 5.46. The van der Waals surface area contributed by atoms with Gasteiger partial charge in [0.15, 0.2) is 0 Å². The number of carbonyl (C=O) groups is 1. The van der Waals surface area contributed by atoms with Crippen molar-refractivity contribution in [2.75, 3.05) is 20.8 Å². The normalized spacial score (nSPS) is 12.2. The van der Waals surface area contributed by atoms with Crippen LogP contribution in [-0.2, 0) is 14.3 Å². The number of benzene rings is 1. The maximum atomic E-state index is 12.9. The van der Waals surface area contributed by atoms with E-state index in [0.29, 0.717) is 5.56 Å². The second-order valence-corrected chi connectivity index (χ2v) is 3.09. The number of halogens is 1. The smallest absolute Gasteiger partial charge is 0.315 e. The van der Waals surface area contributed by atoms with E-state index >= 15 is 0 Å². The zero-order valence-corrected chi connectivity index (χ0v) is 8.70. The van der Waals surface area contributed by atoms with Crippen molar-refractivity contribution in [1.82, 2.24) is 0 Å². The van der Waals surface area contributed by atoms with Crippen LogP contribution in [0.2, 0.25) is 0 Å². The van der Waals surface area contributed by atoms with Crippen molar-refractivity contribution in [3.05, 3.63) is 35.6 Å². The highest BCUT2D eigenvalue weighted by Gasteiger charge is 2.21. The Kier molecular flexibility index (Phi) is 4.24. The quantitative estimate of drug-likeness (QED) is 0.713. The molecule has 0 aromatic heterocycles. The van der Waals surface area contributed by atoms with Gasteiger partial charge in [0.2, 0.25) is 0 Å². The number of rotatable bonds is 4. The molecule has 0 N–H and O–H groups in total. The van der Waals surface area contributed by atoms with E-state index in [9.17, 15) is 9.18 Å². The van der Waals surface area contributed by atoms with Gasteiger partial charge in [0, 0.05) is 7.11 Å². The van der Waals surface area contributed by atoms with Crippen molar-refractivity contribution in [3.8, 4) is 0 Å². The fourth-order valence-corrected chi connectivity index (χ4v) is 1.33. The third kappa shape index (κ3) is 3.02. The largest absolute Gasteiger partial charge is 0.468 e. The fraction of sp³-hybridized carbons (Fsp3) is 0.364. The van der Waals surface area contributed by atoms with Crippen LogP contribution in [0, 0.1) is 5.82 Å². The van der Waals surface area contributed by atoms with E-state index in [1.54, 1.807) is 12.1 Å². The second-order valence-electron chi connectivity index (χ2n) is 3.09. The van der Waals surface area contributed by atoms with Gasteiger partial charge in [-0.1, -0.05) is 12.1 Å². The molecule has 0 heterocycles. The molecule has 0 radical (unpaired) electrons. The van der Waals surface area contributed by atoms with E-state index in [-0.39, 0.29) is 12.4 Å². The average molecular weight is 212 g/mol. The zero-order chi connectivity index (χ0) is 11.3. The molecule has 1 rings (SSSR count). The molecule has 0 bridgehead atoms. The molecule has 0 spiro atoms. The highest BCUT2D eigenvalue weighted by Crippen LogP contribution is 2.18. The van der Waals surface area contributed by atoms with Crippen molar-refractivity contribution in [3.63, 3.8) is 0 Å². The zero-order valence-electron chi connectivity index (χ0n) is 8.70. The SMILES string of the molecule is COCC(C(=O)OC)c1cccc(F)c1. The van der Waals surface area contributed by atoms with Gasteiger partial charge < -0.3 is 9.47 Å². The van der Waals surface area contributed by atoms with E-state index < -0.39 is 11.9 Å². The molecular weight excluding hydrogens is 199 g/mol. The summed E-state index contributed by atoms with van der Waals surface area (Å²) in [5.41, 5.74) is 0.559. The molecule has 1 aromatic rings. The molecule has 3 nitrogen and oxygen atoms in total. The predicted molar refractivity (Wildman–Crippen MR) is 53.0 cm³/mol. The average Bonchev–Trinajstić information content (AvgIpc) is 2.25. The summed E-state index contributed by atoms with van der Waals surface area (Å²) >= 11 is 0. The summed E-state index contributed by atoms with van der Waals surface area (Å²) in [5.74, 6) is -1.38. The molecule has 15 heavy (non-hydrogen) atoms. The minimum absolute atomic E-state index is 0.177. The van der Waals surface area contributed by atoms with Crippen molar-refractivity contribution in [2.45, 2.75) is 5.92 Å². The summed E-state index contributed by atoms with van der Waals surface area (Å²) in [6.45, 7) is 0.177. The monoisotopic (exact) mass is 212 g/mol. The summed E-state index contributed by atoms with van der Waals surface area (Å²) in [6.07, 6.45) is 0. The lowest BCUT2D eigenvalue weighted by atomic mass is 10.0. The molecule has 82 valence electrons. The minimum Gasteiger partial charge on any atom is -0.468 e. The first-order valence-corrected chi connectivity index (χ1v) is 4.51. The van der Waals surface area contributed by atoms with E-state index in [4.69, 9.17) is 4.74 Å². The molecule has 0 aliphatic carbocycles. The molecule has 0 aliphatic rings. The van der Waals surface area contributed by atoms with Crippen LogP contribution < -0.4 is 0 Å². The van der Waals surface area contributed by atoms with Gasteiger partial charge in [-0.3, -0.25) is 4.79 Å². The lowest BCUT2D eigenvalue weighted by molar-refractivity contribution is -0.143. The first-order valence-electron chi connectivity index (χ1n) is 4.51. The number of hydrogen-bond donors (Lipinski definition) is 0. The lowest BCUT2D eigenvalue weighted by Gasteiger charge is -2.13. The third-order valence-electron chi connectivity index (χ3n) is 2.07. The van der Waals surface area contributed by atoms with Crippen LogP contribution in [0.1, 0.15) is 11.5 Å². The maximum Gasteiger partial charge on any atom is 0.315 e. The van der Waals surface area contributed by atoms with E-state index in [0.717, 1.165) is 0 Å². The van der Waals surface area contributed by atoms with Gasteiger partial charge in [-0.2, -0.15) is 0 Å². The third-order valence-corrected chi connectivity index (χ3v) is 2.07. The molecule has 0 saturated heterocycles.